The first kappa shape index (κ1) is 28.1. The SMILES string of the molecule is CCNC(=NCc1ccc(CN2CCC(O)CC2)cc1)NCCN(C)CCCOC.I. The van der Waals surface area contributed by atoms with Gasteiger partial charge >= 0.3 is 0 Å². The van der Waals surface area contributed by atoms with E-state index in [0.717, 1.165) is 77.6 Å². The third-order valence-electron chi connectivity index (χ3n) is 5.42. The van der Waals surface area contributed by atoms with Gasteiger partial charge in [0.15, 0.2) is 5.96 Å². The highest BCUT2D eigenvalue weighted by atomic mass is 127. The van der Waals surface area contributed by atoms with Crippen molar-refractivity contribution in [1.29, 1.82) is 0 Å². The van der Waals surface area contributed by atoms with E-state index in [1.165, 1.54) is 11.1 Å². The molecule has 0 saturated carbocycles. The fourth-order valence-electron chi connectivity index (χ4n) is 3.55. The zero-order chi connectivity index (χ0) is 21.6. The molecule has 0 aromatic heterocycles. The Morgan fingerprint density at radius 2 is 1.84 bits per heavy atom. The topological polar surface area (TPSA) is 72.4 Å². The van der Waals surface area contributed by atoms with Crippen molar-refractivity contribution in [2.24, 2.45) is 4.99 Å². The molecule has 0 spiro atoms. The number of likely N-dealkylation sites (N-methyl/N-ethyl adjacent to an activating group) is 1. The van der Waals surface area contributed by atoms with Crippen LogP contribution in [0.15, 0.2) is 29.3 Å². The van der Waals surface area contributed by atoms with Gasteiger partial charge in [-0.25, -0.2) is 4.99 Å². The Morgan fingerprint density at radius 1 is 1.16 bits per heavy atom. The highest BCUT2D eigenvalue weighted by molar-refractivity contribution is 14.0. The van der Waals surface area contributed by atoms with E-state index >= 15 is 0 Å². The van der Waals surface area contributed by atoms with E-state index in [1.807, 2.05) is 0 Å². The van der Waals surface area contributed by atoms with Crippen molar-refractivity contribution in [2.45, 2.75) is 45.4 Å². The van der Waals surface area contributed by atoms with E-state index in [0.29, 0.717) is 6.54 Å². The normalized spacial score (nSPS) is 15.7. The third-order valence-corrected chi connectivity index (χ3v) is 5.42. The maximum Gasteiger partial charge on any atom is 0.191 e. The molecule has 0 unspecified atom stereocenters. The summed E-state index contributed by atoms with van der Waals surface area (Å²) in [6.07, 6.45) is 2.71. The van der Waals surface area contributed by atoms with Gasteiger partial charge in [-0.3, -0.25) is 4.90 Å². The number of nitrogens with one attached hydrogen (secondary N) is 2. The summed E-state index contributed by atoms with van der Waals surface area (Å²) in [7, 11) is 3.88. The number of hydrogen-bond donors (Lipinski definition) is 3. The van der Waals surface area contributed by atoms with Crippen LogP contribution in [0.5, 0.6) is 0 Å². The van der Waals surface area contributed by atoms with Gasteiger partial charge in [0.1, 0.15) is 0 Å². The molecule has 0 amide bonds. The molecule has 8 heteroatoms. The second-order valence-electron chi connectivity index (χ2n) is 8.10. The molecule has 0 radical (unpaired) electrons. The van der Waals surface area contributed by atoms with Gasteiger partial charge in [-0.2, -0.15) is 0 Å². The zero-order valence-corrected chi connectivity index (χ0v) is 21.8. The Hall–Kier alpha value is -0.940. The fourth-order valence-corrected chi connectivity index (χ4v) is 3.55. The molecule has 1 aromatic rings. The predicted octanol–water partition coefficient (Wildman–Crippen LogP) is 2.28. The molecule has 31 heavy (non-hydrogen) atoms. The summed E-state index contributed by atoms with van der Waals surface area (Å²) in [5.74, 6) is 0.860. The summed E-state index contributed by atoms with van der Waals surface area (Å²) < 4.78 is 5.11. The summed E-state index contributed by atoms with van der Waals surface area (Å²) >= 11 is 0. The Labute approximate surface area is 205 Å². The van der Waals surface area contributed by atoms with Crippen LogP contribution < -0.4 is 10.6 Å². The number of guanidine groups is 1. The first-order chi connectivity index (χ1) is 14.6. The molecule has 1 heterocycles. The number of ether oxygens (including phenoxy) is 1. The molecule has 178 valence electrons. The smallest absolute Gasteiger partial charge is 0.191 e. The summed E-state index contributed by atoms with van der Waals surface area (Å²) in [5.41, 5.74) is 2.53. The Bertz CT molecular complexity index is 606. The van der Waals surface area contributed by atoms with E-state index in [4.69, 9.17) is 9.73 Å². The highest BCUT2D eigenvalue weighted by Crippen LogP contribution is 2.14. The fraction of sp³-hybridized carbons (Fsp3) is 0.696. The van der Waals surface area contributed by atoms with Crippen LogP contribution in [0.2, 0.25) is 0 Å². The van der Waals surface area contributed by atoms with Crippen LogP contribution in [0.4, 0.5) is 0 Å². The molecule has 0 atom stereocenters. The minimum atomic E-state index is -0.114. The average molecular weight is 548 g/mol. The van der Waals surface area contributed by atoms with Crippen molar-refractivity contribution >= 4 is 29.9 Å². The van der Waals surface area contributed by atoms with Gasteiger partial charge in [0.25, 0.3) is 0 Å². The van der Waals surface area contributed by atoms with Crippen LogP contribution in [0.25, 0.3) is 0 Å². The quantitative estimate of drug-likeness (QED) is 0.162. The Morgan fingerprint density at radius 3 is 2.48 bits per heavy atom. The summed E-state index contributed by atoms with van der Waals surface area (Å²) in [5, 5.41) is 16.4. The zero-order valence-electron chi connectivity index (χ0n) is 19.5. The monoisotopic (exact) mass is 547 g/mol. The van der Waals surface area contributed by atoms with Gasteiger partial charge in [-0.15, -0.1) is 24.0 Å². The van der Waals surface area contributed by atoms with E-state index in [9.17, 15) is 5.11 Å². The van der Waals surface area contributed by atoms with Gasteiger partial charge in [0, 0.05) is 59.5 Å². The maximum atomic E-state index is 9.64. The van der Waals surface area contributed by atoms with Gasteiger partial charge < -0.3 is 25.4 Å². The molecule has 1 aromatic carbocycles. The lowest BCUT2D eigenvalue weighted by Gasteiger charge is -2.29. The lowest BCUT2D eigenvalue weighted by Crippen LogP contribution is -2.41. The minimum Gasteiger partial charge on any atom is -0.393 e. The van der Waals surface area contributed by atoms with Crippen LogP contribution in [0.3, 0.4) is 0 Å². The largest absolute Gasteiger partial charge is 0.393 e. The standard InChI is InChI=1S/C23H41N5O2.HI/c1-4-24-23(25-12-16-27(2)13-5-17-30-3)26-18-20-6-8-21(9-7-20)19-28-14-10-22(29)11-15-28;/h6-9,22,29H,4-5,10-19H2,1-3H3,(H2,24,25,26);1H. The lowest BCUT2D eigenvalue weighted by atomic mass is 10.1. The number of likely N-dealkylation sites (tertiary alicyclic amines) is 1. The third kappa shape index (κ3) is 12.0. The van der Waals surface area contributed by atoms with Crippen LogP contribution in [0.1, 0.15) is 37.3 Å². The van der Waals surface area contributed by atoms with Crippen molar-refractivity contribution in [1.82, 2.24) is 20.4 Å². The molecule has 2 rings (SSSR count). The number of piperidine rings is 1. The van der Waals surface area contributed by atoms with Crippen LogP contribution >= 0.6 is 24.0 Å². The van der Waals surface area contributed by atoms with Crippen molar-refractivity contribution < 1.29 is 9.84 Å². The van der Waals surface area contributed by atoms with Crippen molar-refractivity contribution in [3.05, 3.63) is 35.4 Å². The second-order valence-corrected chi connectivity index (χ2v) is 8.10. The molecule has 0 aliphatic carbocycles. The van der Waals surface area contributed by atoms with E-state index in [2.05, 4.69) is 58.7 Å². The summed E-state index contributed by atoms with van der Waals surface area (Å²) in [6.45, 7) is 10.2. The molecule has 3 N–H and O–H groups in total. The van der Waals surface area contributed by atoms with Gasteiger partial charge in [0.2, 0.25) is 0 Å². The van der Waals surface area contributed by atoms with Crippen LogP contribution in [-0.2, 0) is 17.8 Å². The number of nitrogens with zero attached hydrogens (tertiary/aromatic N) is 3. The number of rotatable bonds is 12. The van der Waals surface area contributed by atoms with Crippen molar-refractivity contribution in [3.8, 4) is 0 Å². The Kier molecular flexibility index (Phi) is 15.1. The molecular weight excluding hydrogens is 505 g/mol. The summed E-state index contributed by atoms with van der Waals surface area (Å²) in [4.78, 5) is 9.45. The molecule has 1 aliphatic rings. The number of hydrogen-bond acceptors (Lipinski definition) is 5. The Balaban J connectivity index is 0.00000480. The number of halogens is 1. The van der Waals surface area contributed by atoms with Crippen LogP contribution in [0, 0.1) is 0 Å². The van der Waals surface area contributed by atoms with Gasteiger partial charge in [0.05, 0.1) is 12.6 Å². The number of aliphatic imine (C=N–C) groups is 1. The van der Waals surface area contributed by atoms with E-state index < -0.39 is 0 Å². The van der Waals surface area contributed by atoms with Gasteiger partial charge in [-0.1, -0.05) is 24.3 Å². The molecular formula is C23H42IN5O2. The number of aliphatic hydroxyl groups excluding tert-OH is 1. The predicted molar refractivity (Wildman–Crippen MR) is 139 cm³/mol. The maximum absolute atomic E-state index is 9.64. The van der Waals surface area contributed by atoms with Crippen molar-refractivity contribution in [2.75, 3.05) is 60.0 Å². The molecule has 0 bridgehead atoms. The first-order valence-corrected chi connectivity index (χ1v) is 11.3. The first-order valence-electron chi connectivity index (χ1n) is 11.3. The number of aliphatic hydroxyl groups is 1. The second kappa shape index (κ2) is 16.7. The highest BCUT2D eigenvalue weighted by Gasteiger charge is 2.16. The number of methoxy groups -OCH3 is 1. The van der Waals surface area contributed by atoms with Crippen molar-refractivity contribution in [3.63, 3.8) is 0 Å². The molecule has 1 fully saturated rings. The average Bonchev–Trinajstić information content (AvgIpc) is 2.75. The molecule has 7 nitrogen and oxygen atoms in total. The minimum absolute atomic E-state index is 0. The lowest BCUT2D eigenvalue weighted by molar-refractivity contribution is 0.0792. The molecule has 1 saturated heterocycles. The van der Waals surface area contributed by atoms with Crippen LogP contribution in [-0.4, -0.2) is 87.0 Å². The van der Waals surface area contributed by atoms with E-state index in [1.54, 1.807) is 7.11 Å². The molecule has 1 aliphatic heterocycles. The summed E-state index contributed by atoms with van der Waals surface area (Å²) in [6, 6.07) is 8.74. The van der Waals surface area contributed by atoms with E-state index in [-0.39, 0.29) is 30.1 Å². The number of benzene rings is 1. The van der Waals surface area contributed by atoms with Gasteiger partial charge in [-0.05, 0) is 44.4 Å².